The predicted molar refractivity (Wildman–Crippen MR) is 145 cm³/mol. The second-order valence-corrected chi connectivity index (χ2v) is 11.5. The highest BCUT2D eigenvalue weighted by molar-refractivity contribution is 5.75. The highest BCUT2D eigenvalue weighted by Crippen LogP contribution is 2.27. The van der Waals surface area contributed by atoms with Gasteiger partial charge in [0.15, 0.2) is 0 Å². The van der Waals surface area contributed by atoms with Crippen LogP contribution in [0.5, 0.6) is 0 Å². The number of carbonyl (C=O) groups is 1. The summed E-state index contributed by atoms with van der Waals surface area (Å²) in [7, 11) is 0. The zero-order valence-electron chi connectivity index (χ0n) is 22.7. The first-order chi connectivity index (χ1) is 18.5. The van der Waals surface area contributed by atoms with Gasteiger partial charge in [0.05, 0.1) is 23.2 Å². The number of carbonyl (C=O) groups excluding carboxylic acids is 1. The van der Waals surface area contributed by atoms with E-state index in [0.717, 1.165) is 70.8 Å². The molecule has 3 fully saturated rings. The van der Waals surface area contributed by atoms with Crippen molar-refractivity contribution in [3.8, 4) is 0 Å². The van der Waals surface area contributed by atoms with Crippen LogP contribution in [0, 0.1) is 0 Å². The molecular weight excluding hydrogens is 487 g/mol. The molecule has 3 aliphatic carbocycles. The van der Waals surface area contributed by atoms with Crippen molar-refractivity contribution in [2.75, 3.05) is 19.7 Å². The molecule has 0 bridgehead atoms. The Morgan fingerprint density at radius 3 is 2.42 bits per heavy atom. The van der Waals surface area contributed by atoms with Gasteiger partial charge < -0.3 is 10.1 Å². The summed E-state index contributed by atoms with van der Waals surface area (Å²) in [6.45, 7) is 3.41. The molecule has 1 aromatic heterocycles. The molecule has 38 heavy (non-hydrogen) atoms. The van der Waals surface area contributed by atoms with Crippen molar-refractivity contribution >= 4 is 18.1 Å². The van der Waals surface area contributed by atoms with Crippen LogP contribution in [-0.2, 0) is 16.1 Å². The largest absolute Gasteiger partial charge is 0.465 e. The lowest BCUT2D eigenvalue weighted by Crippen LogP contribution is -2.63. The summed E-state index contributed by atoms with van der Waals surface area (Å²) in [6, 6.07) is -0.606. The predicted octanol–water partition coefficient (Wildman–Crippen LogP) is 1.75. The van der Waals surface area contributed by atoms with Crippen molar-refractivity contribution in [3.63, 3.8) is 0 Å². The van der Waals surface area contributed by atoms with Crippen LogP contribution in [0.25, 0.3) is 12.2 Å². The van der Waals surface area contributed by atoms with Gasteiger partial charge in [-0.15, -0.1) is 0 Å². The van der Waals surface area contributed by atoms with Gasteiger partial charge in [-0.3, -0.25) is 23.6 Å². The molecule has 8 nitrogen and oxygen atoms in total. The van der Waals surface area contributed by atoms with Gasteiger partial charge in [0, 0.05) is 25.2 Å². The lowest BCUT2D eigenvalue weighted by atomic mass is 9.93. The lowest BCUT2D eigenvalue weighted by molar-refractivity contribution is -0.151. The number of alkyl halides is 1. The van der Waals surface area contributed by atoms with Gasteiger partial charge in [-0.25, -0.2) is 9.18 Å². The summed E-state index contributed by atoms with van der Waals surface area (Å²) in [4.78, 5) is 42.1. The number of ether oxygens (including phenoxy) is 1. The Balaban J connectivity index is 1.48. The number of rotatable bonds is 8. The fraction of sp³-hybridized carbons (Fsp3) is 0.759. The number of nitrogens with one attached hydrogen (secondary N) is 1. The number of likely N-dealkylation sites (tertiary alicyclic amines) is 1. The molecule has 5 rings (SSSR count). The zero-order chi connectivity index (χ0) is 26.6. The number of hydrogen-bond donors (Lipinski definition) is 1. The summed E-state index contributed by atoms with van der Waals surface area (Å²) < 4.78 is 23.8. The van der Waals surface area contributed by atoms with Crippen LogP contribution in [0.2, 0.25) is 0 Å². The smallest absolute Gasteiger partial charge is 0.331 e. The van der Waals surface area contributed by atoms with Crippen LogP contribution < -0.4 is 27.1 Å². The molecule has 0 radical (unpaired) electrons. The van der Waals surface area contributed by atoms with Crippen molar-refractivity contribution in [1.29, 1.82) is 0 Å². The monoisotopic (exact) mass is 530 g/mol. The molecule has 4 aliphatic rings. The molecule has 0 spiro atoms. The molecular formula is C29H43FN4O4. The maximum absolute atomic E-state index is 15.4. The molecule has 3 unspecified atom stereocenters. The third-order valence-corrected chi connectivity index (χ3v) is 8.96. The van der Waals surface area contributed by atoms with Gasteiger partial charge in [0.1, 0.15) is 12.2 Å². The van der Waals surface area contributed by atoms with Gasteiger partial charge in [-0.2, -0.15) is 0 Å². The van der Waals surface area contributed by atoms with Crippen molar-refractivity contribution in [2.24, 2.45) is 0 Å². The van der Waals surface area contributed by atoms with Crippen molar-refractivity contribution < 1.29 is 13.9 Å². The summed E-state index contributed by atoms with van der Waals surface area (Å²) >= 11 is 0. The molecule has 2 saturated carbocycles. The van der Waals surface area contributed by atoms with E-state index in [0.29, 0.717) is 30.1 Å². The van der Waals surface area contributed by atoms with Gasteiger partial charge in [-0.1, -0.05) is 38.5 Å². The molecule has 9 heteroatoms. The first-order valence-corrected chi connectivity index (χ1v) is 14.9. The maximum atomic E-state index is 15.4. The van der Waals surface area contributed by atoms with E-state index in [4.69, 9.17) is 4.74 Å². The SMILES string of the molecule is CCOC(=O)C1CCCCN1CCn1c(=O)c2c(n(C3CCCC3)c1=O)=CC(NC1CCCCC1)C(F)C=2. The van der Waals surface area contributed by atoms with Crippen LogP contribution in [0.15, 0.2) is 9.59 Å². The minimum atomic E-state index is -1.32. The molecule has 0 aromatic carbocycles. The van der Waals surface area contributed by atoms with Crippen molar-refractivity contribution in [3.05, 3.63) is 31.4 Å². The number of hydrogen-bond acceptors (Lipinski definition) is 6. The Morgan fingerprint density at radius 1 is 0.974 bits per heavy atom. The van der Waals surface area contributed by atoms with Crippen molar-refractivity contribution in [1.82, 2.24) is 19.4 Å². The molecule has 0 amide bonds. The van der Waals surface area contributed by atoms with E-state index in [9.17, 15) is 14.4 Å². The molecule has 1 N–H and O–H groups in total. The second kappa shape index (κ2) is 12.3. The van der Waals surface area contributed by atoms with Crippen LogP contribution in [0.4, 0.5) is 4.39 Å². The van der Waals surface area contributed by atoms with Crippen LogP contribution in [-0.4, -0.2) is 64.0 Å². The summed E-state index contributed by atoms with van der Waals surface area (Å²) in [5.74, 6) is -0.243. The number of fused-ring (bicyclic) bond motifs is 1. The first-order valence-electron chi connectivity index (χ1n) is 14.9. The van der Waals surface area contributed by atoms with Gasteiger partial charge in [-0.05, 0) is 64.1 Å². The summed E-state index contributed by atoms with van der Waals surface area (Å²) in [5.41, 5.74) is -0.748. The number of esters is 1. The molecule has 3 atom stereocenters. The van der Waals surface area contributed by atoms with E-state index in [-0.39, 0.29) is 36.3 Å². The average Bonchev–Trinajstić information content (AvgIpc) is 3.45. The third-order valence-electron chi connectivity index (χ3n) is 8.96. The fourth-order valence-electron chi connectivity index (χ4n) is 6.94. The van der Waals surface area contributed by atoms with E-state index >= 15 is 4.39 Å². The van der Waals surface area contributed by atoms with Crippen LogP contribution in [0.1, 0.15) is 90.0 Å². The Hall–Kier alpha value is -2.26. The Bertz CT molecular complexity index is 1230. The molecule has 210 valence electrons. The van der Waals surface area contributed by atoms with Crippen LogP contribution in [0.3, 0.4) is 0 Å². The maximum Gasteiger partial charge on any atom is 0.331 e. The highest BCUT2D eigenvalue weighted by atomic mass is 19.1. The van der Waals surface area contributed by atoms with E-state index in [1.54, 1.807) is 11.5 Å². The lowest BCUT2D eigenvalue weighted by Gasteiger charge is -2.34. The molecule has 1 aromatic rings. The quantitative estimate of drug-likeness (QED) is 0.516. The second-order valence-electron chi connectivity index (χ2n) is 11.5. The van der Waals surface area contributed by atoms with Gasteiger partial charge in [0.25, 0.3) is 5.56 Å². The minimum Gasteiger partial charge on any atom is -0.465 e. The van der Waals surface area contributed by atoms with E-state index in [2.05, 4.69) is 5.32 Å². The van der Waals surface area contributed by atoms with E-state index in [1.807, 2.05) is 11.0 Å². The third kappa shape index (κ3) is 5.69. The van der Waals surface area contributed by atoms with E-state index < -0.39 is 17.8 Å². The number of nitrogens with zero attached hydrogens (tertiary/aromatic N) is 3. The molecule has 1 aliphatic heterocycles. The Morgan fingerprint density at radius 2 is 1.68 bits per heavy atom. The molecule has 1 saturated heterocycles. The highest BCUT2D eigenvalue weighted by Gasteiger charge is 2.31. The zero-order valence-corrected chi connectivity index (χ0v) is 22.7. The Labute approximate surface area is 223 Å². The number of piperidine rings is 1. The normalized spacial score (nSPS) is 26.9. The average molecular weight is 531 g/mol. The van der Waals surface area contributed by atoms with Gasteiger partial charge in [0.2, 0.25) is 0 Å². The van der Waals surface area contributed by atoms with Crippen LogP contribution >= 0.6 is 0 Å². The Kier molecular flexibility index (Phi) is 8.83. The summed E-state index contributed by atoms with van der Waals surface area (Å²) in [5, 5.41) is 4.35. The number of halogens is 1. The number of aromatic nitrogens is 2. The van der Waals surface area contributed by atoms with Gasteiger partial charge >= 0.3 is 11.7 Å². The summed E-state index contributed by atoms with van der Waals surface area (Å²) in [6.07, 6.45) is 14.0. The fourth-order valence-corrected chi connectivity index (χ4v) is 6.94. The first kappa shape index (κ1) is 27.3. The molecule has 2 heterocycles. The van der Waals surface area contributed by atoms with E-state index in [1.165, 1.54) is 17.1 Å². The topological polar surface area (TPSA) is 85.6 Å². The standard InChI is InChI=1S/C29H43FN4O4/c1-2-38-28(36)25-14-8-9-15-32(25)16-17-33-27(35)22-18-23(30)24(31-20-10-4-3-5-11-20)19-26(22)34(29(33)37)21-12-6-7-13-21/h18-21,23-25,31H,2-17H2,1H3. The van der Waals surface area contributed by atoms with Crippen molar-refractivity contribution in [2.45, 2.75) is 121 Å². The minimum absolute atomic E-state index is 0.0153.